The van der Waals surface area contributed by atoms with Crippen molar-refractivity contribution < 1.29 is 4.79 Å². The van der Waals surface area contributed by atoms with Crippen LogP contribution in [0.4, 0.5) is 0 Å². The van der Waals surface area contributed by atoms with Gasteiger partial charge in [0.1, 0.15) is 5.54 Å². The lowest BCUT2D eigenvalue weighted by molar-refractivity contribution is -0.126. The monoisotopic (exact) mass is 269 g/mol. The second kappa shape index (κ2) is 7.85. The highest BCUT2D eigenvalue weighted by atomic mass is 16.1. The first-order valence-electron chi connectivity index (χ1n) is 7.88. The highest BCUT2D eigenvalue weighted by Crippen LogP contribution is 2.38. The van der Waals surface area contributed by atoms with Crippen molar-refractivity contribution in [3.05, 3.63) is 0 Å². The molecular formula is C15H31N3O. The van der Waals surface area contributed by atoms with E-state index in [1.54, 1.807) is 0 Å². The number of hydrogen-bond donors (Lipinski definition) is 2. The fraction of sp³-hybridized carbons (Fsp3) is 0.933. The zero-order chi connectivity index (χ0) is 14.3. The van der Waals surface area contributed by atoms with Crippen molar-refractivity contribution in [3.8, 4) is 0 Å². The molecule has 1 rings (SSSR count). The molecule has 112 valence electrons. The summed E-state index contributed by atoms with van der Waals surface area (Å²) < 4.78 is 0. The largest absolute Gasteiger partial charge is 0.368 e. The summed E-state index contributed by atoms with van der Waals surface area (Å²) in [6, 6.07) is 0. The van der Waals surface area contributed by atoms with E-state index < -0.39 is 5.54 Å². The van der Waals surface area contributed by atoms with Gasteiger partial charge in [0.2, 0.25) is 5.91 Å². The molecule has 1 amide bonds. The van der Waals surface area contributed by atoms with Crippen molar-refractivity contribution in [1.82, 2.24) is 10.2 Å². The Bertz CT molecular complexity index is 279. The molecule has 2 unspecified atom stereocenters. The number of hydrogen-bond acceptors (Lipinski definition) is 3. The van der Waals surface area contributed by atoms with Crippen molar-refractivity contribution in [2.75, 3.05) is 26.2 Å². The van der Waals surface area contributed by atoms with Crippen LogP contribution in [0.25, 0.3) is 0 Å². The Labute approximate surface area is 118 Å². The molecule has 4 heteroatoms. The molecule has 0 aromatic rings. The number of carbonyl (C=O) groups is 1. The van der Waals surface area contributed by atoms with Gasteiger partial charge in [-0.2, -0.15) is 0 Å². The highest BCUT2D eigenvalue weighted by molar-refractivity contribution is 5.85. The molecule has 19 heavy (non-hydrogen) atoms. The van der Waals surface area contributed by atoms with E-state index in [1.165, 1.54) is 0 Å². The van der Waals surface area contributed by atoms with Gasteiger partial charge in [0.05, 0.1) is 0 Å². The highest BCUT2D eigenvalue weighted by Gasteiger charge is 2.46. The molecule has 1 aliphatic carbocycles. The first-order valence-corrected chi connectivity index (χ1v) is 7.88. The fourth-order valence-corrected chi connectivity index (χ4v) is 3.34. The molecule has 0 aromatic carbocycles. The lowest BCUT2D eigenvalue weighted by atomic mass is 9.83. The van der Waals surface area contributed by atoms with Gasteiger partial charge in [0.15, 0.2) is 0 Å². The van der Waals surface area contributed by atoms with Crippen LogP contribution < -0.4 is 11.1 Å². The smallest absolute Gasteiger partial charge is 0.238 e. The molecule has 0 spiro atoms. The van der Waals surface area contributed by atoms with E-state index in [-0.39, 0.29) is 5.91 Å². The molecule has 3 N–H and O–H groups in total. The van der Waals surface area contributed by atoms with E-state index in [9.17, 15) is 4.79 Å². The summed E-state index contributed by atoms with van der Waals surface area (Å²) in [7, 11) is 0. The molecule has 0 saturated heterocycles. The van der Waals surface area contributed by atoms with Crippen LogP contribution in [0.15, 0.2) is 0 Å². The van der Waals surface area contributed by atoms with Crippen LogP contribution in [-0.2, 0) is 4.79 Å². The summed E-state index contributed by atoms with van der Waals surface area (Å²) in [6.45, 7) is 10.6. The minimum absolute atomic E-state index is 0.150. The van der Waals surface area contributed by atoms with Gasteiger partial charge in [-0.1, -0.05) is 27.2 Å². The quantitative estimate of drug-likeness (QED) is 0.670. The van der Waals surface area contributed by atoms with E-state index >= 15 is 0 Å². The van der Waals surface area contributed by atoms with E-state index in [0.29, 0.717) is 5.92 Å². The molecule has 1 saturated carbocycles. The second-order valence-corrected chi connectivity index (χ2v) is 5.67. The summed E-state index contributed by atoms with van der Waals surface area (Å²) in [6.07, 6.45) is 5.26. The molecule has 0 bridgehead atoms. The summed E-state index contributed by atoms with van der Waals surface area (Å²) >= 11 is 0. The molecule has 0 heterocycles. The van der Waals surface area contributed by atoms with Crippen molar-refractivity contribution in [1.29, 1.82) is 0 Å². The van der Waals surface area contributed by atoms with Gasteiger partial charge in [0.25, 0.3) is 0 Å². The number of rotatable bonds is 9. The van der Waals surface area contributed by atoms with Crippen molar-refractivity contribution in [3.63, 3.8) is 0 Å². The summed E-state index contributed by atoms with van der Waals surface area (Å²) in [5.74, 6) is 0.250. The van der Waals surface area contributed by atoms with Crippen LogP contribution in [-0.4, -0.2) is 42.5 Å². The predicted molar refractivity (Wildman–Crippen MR) is 80.0 cm³/mol. The Hall–Kier alpha value is -0.610. The lowest BCUT2D eigenvalue weighted by Crippen LogP contribution is -2.58. The van der Waals surface area contributed by atoms with Gasteiger partial charge >= 0.3 is 0 Å². The minimum atomic E-state index is -0.441. The molecule has 0 radical (unpaired) electrons. The van der Waals surface area contributed by atoms with Crippen molar-refractivity contribution >= 4 is 5.91 Å². The maximum absolute atomic E-state index is 12.0. The number of nitrogens with one attached hydrogen (secondary N) is 1. The Morgan fingerprint density at radius 3 is 2.58 bits per heavy atom. The number of nitrogens with two attached hydrogens (primary N) is 1. The number of carbonyl (C=O) groups excluding carboxylic acids is 1. The zero-order valence-corrected chi connectivity index (χ0v) is 12.9. The number of nitrogens with zero attached hydrogens (tertiary/aromatic N) is 1. The third-order valence-electron chi connectivity index (χ3n) is 4.64. The van der Waals surface area contributed by atoms with Crippen LogP contribution in [0.1, 0.15) is 52.9 Å². The summed E-state index contributed by atoms with van der Waals surface area (Å²) in [5, 5.41) is 3.46. The predicted octanol–water partition coefficient (Wildman–Crippen LogP) is 1.74. The van der Waals surface area contributed by atoms with Gasteiger partial charge < -0.3 is 16.0 Å². The Morgan fingerprint density at radius 1 is 1.37 bits per heavy atom. The average molecular weight is 269 g/mol. The Morgan fingerprint density at radius 2 is 2.05 bits per heavy atom. The molecule has 0 aromatic heterocycles. The van der Waals surface area contributed by atoms with Gasteiger partial charge in [-0.3, -0.25) is 4.79 Å². The van der Waals surface area contributed by atoms with Crippen molar-refractivity contribution in [2.45, 2.75) is 58.4 Å². The third kappa shape index (κ3) is 3.93. The van der Waals surface area contributed by atoms with Crippen molar-refractivity contribution in [2.24, 2.45) is 11.7 Å². The topological polar surface area (TPSA) is 58.4 Å². The SMILES string of the molecule is CCCNC1(C(N)=O)CCCC1CCN(CC)CC. The normalized spacial score (nSPS) is 27.1. The molecule has 4 nitrogen and oxygen atoms in total. The van der Waals surface area contributed by atoms with E-state index in [0.717, 1.165) is 58.3 Å². The first-order chi connectivity index (χ1) is 9.10. The zero-order valence-electron chi connectivity index (χ0n) is 12.9. The molecule has 0 aliphatic heterocycles. The Kier molecular flexibility index (Phi) is 6.80. The number of primary amides is 1. The van der Waals surface area contributed by atoms with Gasteiger partial charge in [0, 0.05) is 0 Å². The Balaban J connectivity index is 2.65. The van der Waals surface area contributed by atoms with E-state index in [4.69, 9.17) is 5.73 Å². The van der Waals surface area contributed by atoms with Crippen LogP contribution in [0, 0.1) is 5.92 Å². The van der Waals surface area contributed by atoms with E-state index in [2.05, 4.69) is 31.0 Å². The standard InChI is InChI=1S/C15H31N3O/c1-4-11-17-15(14(16)19)10-7-8-13(15)9-12-18(5-2)6-3/h13,17H,4-12H2,1-3H3,(H2,16,19). The van der Waals surface area contributed by atoms with E-state index in [1.807, 2.05) is 0 Å². The van der Waals surface area contributed by atoms with Crippen LogP contribution in [0.5, 0.6) is 0 Å². The minimum Gasteiger partial charge on any atom is -0.368 e. The summed E-state index contributed by atoms with van der Waals surface area (Å²) in [5.41, 5.74) is 5.28. The second-order valence-electron chi connectivity index (χ2n) is 5.67. The lowest BCUT2D eigenvalue weighted by Gasteiger charge is -2.34. The van der Waals surface area contributed by atoms with Gasteiger partial charge in [-0.25, -0.2) is 0 Å². The fourth-order valence-electron chi connectivity index (χ4n) is 3.34. The third-order valence-corrected chi connectivity index (χ3v) is 4.64. The number of amides is 1. The van der Waals surface area contributed by atoms with Crippen LogP contribution >= 0.6 is 0 Å². The van der Waals surface area contributed by atoms with Crippen LogP contribution in [0.2, 0.25) is 0 Å². The van der Waals surface area contributed by atoms with Gasteiger partial charge in [-0.05, 0) is 57.8 Å². The molecule has 1 aliphatic rings. The van der Waals surface area contributed by atoms with Gasteiger partial charge in [-0.15, -0.1) is 0 Å². The molecular weight excluding hydrogens is 238 g/mol. The molecule has 2 atom stereocenters. The first kappa shape index (κ1) is 16.4. The summed E-state index contributed by atoms with van der Waals surface area (Å²) in [4.78, 5) is 14.4. The molecule has 1 fully saturated rings. The maximum Gasteiger partial charge on any atom is 0.238 e. The average Bonchev–Trinajstić information content (AvgIpc) is 2.82. The van der Waals surface area contributed by atoms with Crippen LogP contribution in [0.3, 0.4) is 0 Å². The maximum atomic E-state index is 12.0.